The van der Waals surface area contributed by atoms with Gasteiger partial charge in [-0.15, -0.1) is 0 Å². The first kappa shape index (κ1) is 45.5. The van der Waals surface area contributed by atoms with E-state index in [1.165, 1.54) is 105 Å². The van der Waals surface area contributed by atoms with Gasteiger partial charge < -0.3 is 4.57 Å². The van der Waals surface area contributed by atoms with E-state index >= 15 is 0 Å². The minimum atomic E-state index is -0.500. The van der Waals surface area contributed by atoms with Gasteiger partial charge in [-0.1, -0.05) is 244 Å². The molecule has 10 rings (SSSR count). The van der Waals surface area contributed by atoms with Crippen molar-refractivity contribution in [3.8, 4) is 27.9 Å². The Labute approximate surface area is 414 Å². The van der Waals surface area contributed by atoms with E-state index in [4.69, 9.17) is 0 Å². The molecule has 70 heavy (non-hydrogen) atoms. The van der Waals surface area contributed by atoms with Gasteiger partial charge in [0.25, 0.3) is 0 Å². The lowest BCUT2D eigenvalue weighted by Gasteiger charge is -2.37. The van der Waals surface area contributed by atoms with Gasteiger partial charge in [-0.25, -0.2) is 0 Å². The van der Waals surface area contributed by atoms with Crippen molar-refractivity contribution >= 4 is 44.2 Å². The fraction of sp³-hybridized carbons (Fsp3) is 0.101. The maximum absolute atomic E-state index is 2.46. The van der Waals surface area contributed by atoms with Crippen molar-refractivity contribution < 1.29 is 0 Å². The molecule has 0 amide bonds. The Bertz CT molecular complexity index is 3540. The minimum Gasteiger partial charge on any atom is -0.309 e. The number of benzene rings is 9. The number of hydrogen-bond donors (Lipinski definition) is 0. The summed E-state index contributed by atoms with van der Waals surface area (Å²) in [6, 6.07) is 80.5. The molecule has 1 heteroatoms. The van der Waals surface area contributed by atoms with Gasteiger partial charge in [0.15, 0.2) is 0 Å². The van der Waals surface area contributed by atoms with Gasteiger partial charge in [0.1, 0.15) is 0 Å². The highest BCUT2D eigenvalue weighted by Gasteiger charge is 2.38. The first-order valence-electron chi connectivity index (χ1n) is 24.9. The molecule has 1 nitrogen and oxygen atoms in total. The highest BCUT2D eigenvalue weighted by atomic mass is 15.0. The normalized spacial score (nSPS) is 12.8. The fourth-order valence-corrected chi connectivity index (χ4v) is 10.6. The van der Waals surface area contributed by atoms with E-state index in [1.807, 2.05) is 0 Å². The average molecular weight is 902 g/mol. The smallest absolute Gasteiger partial charge is 0.0698 e. The number of fused-ring (bicyclic) bond motifs is 4. The lowest BCUT2D eigenvalue weighted by atomic mass is 9.64. The predicted octanol–water partition coefficient (Wildman–Crippen LogP) is 19.0. The number of rotatable bonds is 14. The van der Waals surface area contributed by atoms with E-state index < -0.39 is 5.41 Å². The summed E-state index contributed by atoms with van der Waals surface area (Å²) in [4.78, 5) is 0. The molecule has 0 aliphatic carbocycles. The van der Waals surface area contributed by atoms with Crippen LogP contribution in [-0.2, 0) is 5.41 Å². The van der Waals surface area contributed by atoms with E-state index in [2.05, 4.69) is 293 Å². The van der Waals surface area contributed by atoms with E-state index in [1.54, 1.807) is 0 Å². The molecular formula is C69H59N. The number of para-hydroxylation sites is 1. The van der Waals surface area contributed by atoms with E-state index in [9.17, 15) is 0 Å². The van der Waals surface area contributed by atoms with Crippen LogP contribution in [0.5, 0.6) is 0 Å². The molecule has 1 heterocycles. The van der Waals surface area contributed by atoms with Crippen LogP contribution in [0, 0.1) is 0 Å². The lowest BCUT2D eigenvalue weighted by Crippen LogP contribution is -2.31. The molecule has 0 fully saturated rings. The molecule has 1 aromatic heterocycles. The second-order valence-electron chi connectivity index (χ2n) is 18.0. The summed E-state index contributed by atoms with van der Waals surface area (Å²) in [5, 5.41) is 4.92. The maximum Gasteiger partial charge on any atom is 0.0698 e. The van der Waals surface area contributed by atoms with E-state index in [-0.39, 0.29) is 0 Å². The molecule has 10 aromatic rings. The van der Waals surface area contributed by atoms with Gasteiger partial charge in [-0.05, 0) is 129 Å². The van der Waals surface area contributed by atoms with Gasteiger partial charge in [0.05, 0.1) is 22.1 Å². The van der Waals surface area contributed by atoms with Crippen LogP contribution in [0.15, 0.2) is 266 Å². The number of aromatic nitrogens is 1. The monoisotopic (exact) mass is 901 g/mol. The van der Waals surface area contributed by atoms with Gasteiger partial charge in [0.2, 0.25) is 0 Å². The zero-order valence-electron chi connectivity index (χ0n) is 40.7. The summed E-state index contributed by atoms with van der Waals surface area (Å²) in [5.41, 5.74) is 17.8. The molecule has 0 unspecified atom stereocenters. The molecule has 0 atom stereocenters. The first-order valence-corrected chi connectivity index (χ1v) is 24.9. The maximum atomic E-state index is 2.46. The van der Waals surface area contributed by atoms with E-state index in [0.29, 0.717) is 0 Å². The summed E-state index contributed by atoms with van der Waals surface area (Å²) >= 11 is 0. The van der Waals surface area contributed by atoms with Gasteiger partial charge in [-0.2, -0.15) is 0 Å². The molecular weight excluding hydrogens is 843 g/mol. The summed E-state index contributed by atoms with van der Waals surface area (Å²) in [6.45, 7) is 8.67. The second kappa shape index (κ2) is 20.5. The third kappa shape index (κ3) is 8.50. The Morgan fingerprint density at radius 2 is 1.07 bits per heavy atom. The van der Waals surface area contributed by atoms with E-state index in [0.717, 1.165) is 12.8 Å². The zero-order chi connectivity index (χ0) is 47.9. The van der Waals surface area contributed by atoms with Crippen molar-refractivity contribution in [3.05, 3.63) is 294 Å². The van der Waals surface area contributed by atoms with Crippen molar-refractivity contribution in [2.45, 2.75) is 46.0 Å². The van der Waals surface area contributed by atoms with Crippen molar-refractivity contribution in [2.24, 2.45) is 0 Å². The molecule has 0 bridgehead atoms. The third-order valence-electron chi connectivity index (χ3n) is 14.0. The standard InChI is InChI=1S/C69H59N/c1-5-9-24-51(7-3)64(53-25-14-11-15-26-53)48-50-36-38-52(39-37-50)55-42-46-68-65(49-55)63-34-22-23-35-66(63)70(68)67-47-45-60(61-32-20-21-33-62(61)67)54-40-43-59(44-41-54)69(56(8-4)27-10-6-2,57-28-16-12-17-29-57)58-30-18-13-19-31-58/h5,8-49H,6-7H2,1-4H3/b9-5-,27-10-,51-24+,56-8+,64-48-. The number of hydrogen-bond acceptors (Lipinski definition) is 0. The van der Waals surface area contributed by atoms with Crippen LogP contribution in [0.25, 0.3) is 72.2 Å². The van der Waals surface area contributed by atoms with Crippen LogP contribution in [0.3, 0.4) is 0 Å². The predicted molar refractivity (Wildman–Crippen MR) is 303 cm³/mol. The Balaban J connectivity index is 1.04. The molecule has 0 saturated heterocycles. The summed E-state index contributed by atoms with van der Waals surface area (Å²) < 4.78 is 2.46. The lowest BCUT2D eigenvalue weighted by molar-refractivity contribution is 0.741. The quantitative estimate of drug-likeness (QED) is 0.0582. The molecule has 0 spiro atoms. The van der Waals surface area contributed by atoms with Crippen LogP contribution in [0.2, 0.25) is 0 Å². The Hall–Kier alpha value is -8.26. The zero-order valence-corrected chi connectivity index (χ0v) is 40.7. The third-order valence-corrected chi connectivity index (χ3v) is 14.0. The van der Waals surface area contributed by atoms with Crippen molar-refractivity contribution in [1.29, 1.82) is 0 Å². The summed E-state index contributed by atoms with van der Waals surface area (Å²) in [6.07, 6.45) is 17.6. The van der Waals surface area contributed by atoms with Crippen molar-refractivity contribution in [3.63, 3.8) is 0 Å². The Morgan fingerprint density at radius 1 is 0.500 bits per heavy atom. The van der Waals surface area contributed by atoms with Gasteiger partial charge in [-0.3, -0.25) is 0 Å². The highest BCUT2D eigenvalue weighted by Crippen LogP contribution is 2.47. The number of allylic oxidation sites excluding steroid dienone is 9. The average Bonchev–Trinajstić information content (AvgIpc) is 3.76. The van der Waals surface area contributed by atoms with Crippen LogP contribution in [-0.4, -0.2) is 4.57 Å². The Morgan fingerprint density at radius 3 is 1.71 bits per heavy atom. The fourth-order valence-electron chi connectivity index (χ4n) is 10.6. The largest absolute Gasteiger partial charge is 0.309 e. The van der Waals surface area contributed by atoms with Crippen molar-refractivity contribution in [2.75, 3.05) is 0 Å². The summed E-state index contributed by atoms with van der Waals surface area (Å²) in [7, 11) is 0. The molecule has 340 valence electrons. The Kier molecular flexibility index (Phi) is 13.4. The molecule has 0 saturated carbocycles. The first-order chi connectivity index (χ1) is 34.6. The van der Waals surface area contributed by atoms with Crippen LogP contribution < -0.4 is 0 Å². The molecule has 9 aromatic carbocycles. The van der Waals surface area contributed by atoms with Crippen LogP contribution in [0.1, 0.15) is 68.4 Å². The van der Waals surface area contributed by atoms with Crippen molar-refractivity contribution in [1.82, 2.24) is 4.57 Å². The summed E-state index contributed by atoms with van der Waals surface area (Å²) in [5.74, 6) is 0. The minimum absolute atomic E-state index is 0.500. The molecule has 0 radical (unpaired) electrons. The number of nitrogens with zero attached hydrogens (tertiary/aromatic N) is 1. The SMILES string of the molecule is C\C=C/C=C(CC)/C(=C/c1ccc(-c2ccc3c(c2)c2ccccc2n3-c2ccc(-c3ccc(C(C(/C=C\CC)=C/C)(c4ccccc4)c4ccccc4)cc3)c3ccccc23)cc1)c1ccccc1. The van der Waals surface area contributed by atoms with Gasteiger partial charge in [0, 0.05) is 16.2 Å². The van der Waals surface area contributed by atoms with Crippen LogP contribution >= 0.6 is 0 Å². The second-order valence-corrected chi connectivity index (χ2v) is 18.0. The molecule has 0 N–H and O–H groups in total. The highest BCUT2D eigenvalue weighted by molar-refractivity contribution is 6.12. The molecule has 0 aliphatic rings. The molecule has 0 aliphatic heterocycles. The van der Waals surface area contributed by atoms with Crippen LogP contribution in [0.4, 0.5) is 0 Å². The van der Waals surface area contributed by atoms with Gasteiger partial charge >= 0.3 is 0 Å². The topological polar surface area (TPSA) is 4.93 Å².